The van der Waals surface area contributed by atoms with Crippen LogP contribution in [0.1, 0.15) is 5.56 Å². The van der Waals surface area contributed by atoms with Crippen LogP contribution in [0.5, 0.6) is 0 Å². The summed E-state index contributed by atoms with van der Waals surface area (Å²) in [6, 6.07) is 17.1. The van der Waals surface area contributed by atoms with Crippen molar-refractivity contribution in [1.29, 1.82) is 0 Å². The molecule has 3 aromatic rings. The first-order valence-corrected chi connectivity index (χ1v) is 9.46. The quantitative estimate of drug-likeness (QED) is 0.618. The molecular weight excluding hydrogens is 360 g/mol. The van der Waals surface area contributed by atoms with E-state index in [4.69, 9.17) is 0 Å². The van der Waals surface area contributed by atoms with Crippen molar-refractivity contribution >= 4 is 29.3 Å². The van der Waals surface area contributed by atoms with Gasteiger partial charge in [-0.15, -0.1) is 0 Å². The number of nitrogens with zero attached hydrogens (tertiary/aromatic N) is 2. The average Bonchev–Trinajstić information content (AvgIpc) is 3.14. The zero-order valence-corrected chi connectivity index (χ0v) is 15.7. The molecule has 0 radical (unpaired) electrons. The van der Waals surface area contributed by atoms with Gasteiger partial charge < -0.3 is 10.6 Å². The smallest absolute Gasteiger partial charge is 0.243 e. The summed E-state index contributed by atoms with van der Waals surface area (Å²) in [6.07, 6.45) is 3.58. The Bertz CT molecular complexity index is 924. The molecule has 0 aliphatic rings. The number of nitrogens with one attached hydrogen (secondary N) is 2. The molecule has 0 bridgehead atoms. The molecule has 0 aliphatic carbocycles. The lowest BCUT2D eigenvalue weighted by atomic mass is 10.2. The maximum Gasteiger partial charge on any atom is 0.243 e. The topological polar surface area (TPSA) is 76.0 Å². The minimum absolute atomic E-state index is 0.0689. The largest absolute Gasteiger partial charge is 0.346 e. The van der Waals surface area contributed by atoms with E-state index in [0.717, 1.165) is 16.4 Å². The summed E-state index contributed by atoms with van der Waals surface area (Å²) in [5.74, 6) is -0.301. The number of thioether (sulfide) groups is 1. The fraction of sp³-hybridized carbons (Fsp3) is 0.150. The number of anilines is 1. The maximum absolute atomic E-state index is 12.1. The fourth-order valence-electron chi connectivity index (χ4n) is 2.50. The van der Waals surface area contributed by atoms with E-state index in [9.17, 15) is 9.59 Å². The third-order valence-electron chi connectivity index (χ3n) is 3.82. The van der Waals surface area contributed by atoms with E-state index in [2.05, 4.69) is 15.6 Å². The van der Waals surface area contributed by atoms with Crippen molar-refractivity contribution in [2.75, 3.05) is 17.6 Å². The first-order chi connectivity index (χ1) is 13.1. The molecule has 7 heteroatoms. The molecule has 0 aliphatic heterocycles. The average molecular weight is 380 g/mol. The van der Waals surface area contributed by atoms with E-state index in [-0.39, 0.29) is 24.1 Å². The Hall–Kier alpha value is -3.06. The summed E-state index contributed by atoms with van der Waals surface area (Å²) in [5.41, 5.74) is 2.85. The molecule has 0 unspecified atom stereocenters. The van der Waals surface area contributed by atoms with E-state index in [0.29, 0.717) is 5.69 Å². The molecule has 27 heavy (non-hydrogen) atoms. The Balaban J connectivity index is 1.50. The predicted molar refractivity (Wildman–Crippen MR) is 107 cm³/mol. The number of rotatable bonds is 7. The predicted octanol–water partition coefficient (Wildman–Crippen LogP) is 3.03. The van der Waals surface area contributed by atoms with Crippen LogP contribution in [0.2, 0.25) is 0 Å². The molecule has 0 fully saturated rings. The Morgan fingerprint density at radius 2 is 1.78 bits per heavy atom. The van der Waals surface area contributed by atoms with Gasteiger partial charge in [0.1, 0.15) is 0 Å². The Labute approximate surface area is 162 Å². The number of aryl methyl sites for hydroxylation is 1. The number of amides is 2. The van der Waals surface area contributed by atoms with Crippen molar-refractivity contribution in [1.82, 2.24) is 14.9 Å². The molecule has 3 rings (SSSR count). The van der Waals surface area contributed by atoms with Crippen LogP contribution in [0.15, 0.2) is 72.1 Å². The zero-order valence-electron chi connectivity index (χ0n) is 14.9. The molecule has 2 amide bonds. The lowest BCUT2D eigenvalue weighted by Gasteiger charge is -2.10. The number of hydrogen-bond donors (Lipinski definition) is 2. The van der Waals surface area contributed by atoms with Gasteiger partial charge in [0.05, 0.1) is 18.0 Å². The summed E-state index contributed by atoms with van der Waals surface area (Å²) in [6.45, 7) is 1.96. The van der Waals surface area contributed by atoms with Crippen LogP contribution in [0.4, 0.5) is 5.69 Å². The number of aromatic nitrogens is 2. The Morgan fingerprint density at radius 3 is 2.56 bits per heavy atom. The lowest BCUT2D eigenvalue weighted by Crippen LogP contribution is -2.33. The molecule has 1 aromatic heterocycles. The minimum Gasteiger partial charge on any atom is -0.346 e. The summed E-state index contributed by atoms with van der Waals surface area (Å²) >= 11 is 1.33. The highest BCUT2D eigenvalue weighted by Crippen LogP contribution is 2.22. The van der Waals surface area contributed by atoms with Gasteiger partial charge in [-0.2, -0.15) is 0 Å². The van der Waals surface area contributed by atoms with Crippen molar-refractivity contribution in [3.8, 4) is 5.69 Å². The number of carbonyl (C=O) groups excluding carboxylic acids is 2. The maximum atomic E-state index is 12.1. The minimum atomic E-state index is -0.263. The van der Waals surface area contributed by atoms with Crippen molar-refractivity contribution in [2.45, 2.75) is 12.1 Å². The highest BCUT2D eigenvalue weighted by molar-refractivity contribution is 7.99. The Kier molecular flexibility index (Phi) is 6.27. The summed E-state index contributed by atoms with van der Waals surface area (Å²) in [5, 5.41) is 6.08. The summed E-state index contributed by atoms with van der Waals surface area (Å²) < 4.78 is 1.95. The third-order valence-corrected chi connectivity index (χ3v) is 4.78. The van der Waals surface area contributed by atoms with Gasteiger partial charge >= 0.3 is 0 Å². The molecule has 0 spiro atoms. The van der Waals surface area contributed by atoms with Gasteiger partial charge in [-0.05, 0) is 30.7 Å². The summed E-state index contributed by atoms with van der Waals surface area (Å²) in [4.78, 5) is 28.3. The fourth-order valence-corrected chi connectivity index (χ4v) is 3.30. The molecule has 1 heterocycles. The van der Waals surface area contributed by atoms with Crippen molar-refractivity contribution in [2.24, 2.45) is 0 Å². The van der Waals surface area contributed by atoms with Crippen LogP contribution < -0.4 is 10.6 Å². The SMILES string of the molecule is Cc1ccccc1-n1ccnc1SCC(=O)NCC(=O)Nc1ccccc1. The highest BCUT2D eigenvalue weighted by atomic mass is 32.2. The van der Waals surface area contributed by atoms with Crippen molar-refractivity contribution in [3.63, 3.8) is 0 Å². The van der Waals surface area contributed by atoms with Gasteiger partial charge in [0.25, 0.3) is 0 Å². The number of carbonyl (C=O) groups is 2. The van der Waals surface area contributed by atoms with Gasteiger partial charge in [-0.1, -0.05) is 48.2 Å². The molecular formula is C20H20N4O2S. The van der Waals surface area contributed by atoms with Crippen LogP contribution in [0, 0.1) is 6.92 Å². The first-order valence-electron chi connectivity index (χ1n) is 8.47. The monoisotopic (exact) mass is 380 g/mol. The number of benzene rings is 2. The van der Waals surface area contributed by atoms with Gasteiger partial charge in [-0.25, -0.2) is 4.98 Å². The van der Waals surface area contributed by atoms with Crippen molar-refractivity contribution in [3.05, 3.63) is 72.6 Å². The third kappa shape index (κ3) is 5.21. The molecule has 6 nitrogen and oxygen atoms in total. The molecule has 2 aromatic carbocycles. The van der Waals surface area contributed by atoms with E-state index in [1.807, 2.05) is 60.2 Å². The normalized spacial score (nSPS) is 10.4. The first kappa shape index (κ1) is 18.7. The summed E-state index contributed by atoms with van der Waals surface area (Å²) in [7, 11) is 0. The zero-order chi connectivity index (χ0) is 19.1. The molecule has 2 N–H and O–H groups in total. The van der Waals surface area contributed by atoms with Crippen LogP contribution in [0.3, 0.4) is 0 Å². The van der Waals surface area contributed by atoms with E-state index in [1.54, 1.807) is 18.3 Å². The number of imidazole rings is 1. The van der Waals surface area contributed by atoms with E-state index in [1.165, 1.54) is 11.8 Å². The van der Waals surface area contributed by atoms with E-state index >= 15 is 0 Å². The standard InChI is InChI=1S/C20H20N4O2S/c1-15-7-5-6-10-17(15)24-12-11-21-20(24)27-14-19(26)22-13-18(25)23-16-8-3-2-4-9-16/h2-12H,13-14H2,1H3,(H,22,26)(H,23,25). The van der Waals surface area contributed by atoms with Crippen LogP contribution >= 0.6 is 11.8 Å². The highest BCUT2D eigenvalue weighted by Gasteiger charge is 2.11. The number of para-hydroxylation sites is 2. The van der Waals surface area contributed by atoms with Gasteiger partial charge in [0, 0.05) is 18.1 Å². The van der Waals surface area contributed by atoms with E-state index < -0.39 is 0 Å². The lowest BCUT2D eigenvalue weighted by molar-refractivity contribution is -0.122. The molecule has 0 saturated carbocycles. The van der Waals surface area contributed by atoms with Crippen molar-refractivity contribution < 1.29 is 9.59 Å². The van der Waals surface area contributed by atoms with Crippen LogP contribution in [-0.4, -0.2) is 33.7 Å². The van der Waals surface area contributed by atoms with Crippen LogP contribution in [-0.2, 0) is 9.59 Å². The second kappa shape index (κ2) is 9.05. The van der Waals surface area contributed by atoms with Gasteiger partial charge in [0.15, 0.2) is 5.16 Å². The Morgan fingerprint density at radius 1 is 1.04 bits per heavy atom. The van der Waals surface area contributed by atoms with Gasteiger partial charge in [0.2, 0.25) is 11.8 Å². The number of hydrogen-bond acceptors (Lipinski definition) is 4. The molecule has 0 saturated heterocycles. The van der Waals surface area contributed by atoms with Gasteiger partial charge in [-0.3, -0.25) is 14.2 Å². The van der Waals surface area contributed by atoms with Crippen LogP contribution in [0.25, 0.3) is 5.69 Å². The molecule has 0 atom stereocenters. The molecule has 138 valence electrons. The second-order valence-electron chi connectivity index (χ2n) is 5.85. The second-order valence-corrected chi connectivity index (χ2v) is 6.79.